The summed E-state index contributed by atoms with van der Waals surface area (Å²) in [4.78, 5) is 41.1. The third kappa shape index (κ3) is 5.75. The first kappa shape index (κ1) is 29.2. The van der Waals surface area contributed by atoms with Gasteiger partial charge in [0.2, 0.25) is 11.8 Å². The average molecular weight is 585 g/mol. The molecule has 3 atom stereocenters. The predicted octanol–water partition coefficient (Wildman–Crippen LogP) is 0.833. The number of benzene rings is 2. The van der Waals surface area contributed by atoms with E-state index in [4.69, 9.17) is 0 Å². The molecule has 8 nitrogen and oxygen atoms in total. The van der Waals surface area contributed by atoms with Gasteiger partial charge in [0.05, 0.1) is 17.5 Å². The fraction of sp³-hybridized carbons (Fsp3) is 0.222. The van der Waals surface area contributed by atoms with Gasteiger partial charge in [-0.1, -0.05) is 30.3 Å². The number of hydrogen-bond acceptors (Lipinski definition) is 8. The van der Waals surface area contributed by atoms with Crippen molar-refractivity contribution in [1.29, 1.82) is 10.5 Å². The van der Waals surface area contributed by atoms with Crippen LogP contribution in [0.25, 0.3) is 11.1 Å². The smallest absolute Gasteiger partial charge is 1.00 e. The maximum absolute atomic E-state index is 13.0. The standard InChI is InChI=1S/C27H20N4O4S3.Na.H/c28-12-17-8-7-16(10-18(17)13-29)20-5-1-2-6-21(20)38-27(26(34)35)14-31-24(33)23(25(31)37-15-27)30-22(32)11-19-4-3-9-36-19;;/h1-10,23,25H,11,14-15H2,(H,30,32)(H,34,35);;/q;+1;-1/t23?,25-,27?;;/m1../s1. The Kier molecular flexibility index (Phi) is 9.12. The van der Waals surface area contributed by atoms with Crippen LogP contribution in [0.3, 0.4) is 0 Å². The zero-order valence-electron chi connectivity index (χ0n) is 21.8. The second-order valence-electron chi connectivity index (χ2n) is 8.85. The molecule has 2 aliphatic heterocycles. The molecule has 2 amide bonds. The maximum Gasteiger partial charge on any atom is 1.00 e. The fourth-order valence-electron chi connectivity index (χ4n) is 4.49. The summed E-state index contributed by atoms with van der Waals surface area (Å²) in [5.41, 5.74) is 1.94. The number of hydrogen-bond donors (Lipinski definition) is 2. The van der Waals surface area contributed by atoms with Crippen molar-refractivity contribution in [3.05, 3.63) is 76.0 Å². The van der Waals surface area contributed by atoms with Crippen molar-refractivity contribution >= 4 is 52.6 Å². The molecule has 12 heteroatoms. The number of nitrogens with one attached hydrogen (secondary N) is 1. The van der Waals surface area contributed by atoms with E-state index in [0.29, 0.717) is 10.5 Å². The summed E-state index contributed by atoms with van der Waals surface area (Å²) in [5, 5.41) is 33.4. The van der Waals surface area contributed by atoms with Gasteiger partial charge < -0.3 is 16.7 Å². The molecule has 0 bridgehead atoms. The topological polar surface area (TPSA) is 134 Å². The third-order valence-electron chi connectivity index (χ3n) is 6.44. The minimum Gasteiger partial charge on any atom is -1.00 e. The second-order valence-corrected chi connectivity index (χ2v) is 12.4. The summed E-state index contributed by atoms with van der Waals surface area (Å²) in [6, 6.07) is 19.3. The van der Waals surface area contributed by atoms with Gasteiger partial charge in [-0.15, -0.1) is 34.9 Å². The van der Waals surface area contributed by atoms with Crippen LogP contribution in [-0.4, -0.2) is 56.3 Å². The summed E-state index contributed by atoms with van der Waals surface area (Å²) in [6.07, 6.45) is 0.202. The van der Waals surface area contributed by atoms with Crippen LogP contribution >= 0.6 is 34.9 Å². The van der Waals surface area contributed by atoms with Crippen molar-refractivity contribution in [1.82, 2.24) is 10.2 Å². The van der Waals surface area contributed by atoms with E-state index in [9.17, 15) is 30.0 Å². The van der Waals surface area contributed by atoms with E-state index in [1.54, 1.807) is 18.2 Å². The number of thioether (sulfide) groups is 2. The predicted molar refractivity (Wildman–Crippen MR) is 147 cm³/mol. The number of carbonyl (C=O) groups is 3. The first-order valence-corrected chi connectivity index (χ1v) is 14.3. The van der Waals surface area contributed by atoms with Crippen molar-refractivity contribution in [2.24, 2.45) is 0 Å². The van der Waals surface area contributed by atoms with Crippen LogP contribution in [0, 0.1) is 22.7 Å². The number of amides is 2. The van der Waals surface area contributed by atoms with E-state index in [0.717, 1.165) is 10.4 Å². The number of fused-ring (bicyclic) bond motifs is 1. The number of nitriles is 2. The summed E-state index contributed by atoms with van der Waals surface area (Å²) in [7, 11) is 0. The molecule has 3 aromatic rings. The van der Waals surface area contributed by atoms with Gasteiger partial charge in [0.25, 0.3) is 0 Å². The van der Waals surface area contributed by atoms with Crippen LogP contribution < -0.4 is 34.9 Å². The van der Waals surface area contributed by atoms with Gasteiger partial charge in [-0.25, -0.2) is 0 Å². The van der Waals surface area contributed by atoms with E-state index in [1.807, 2.05) is 53.9 Å². The molecule has 1 aromatic heterocycles. The number of carboxylic acid groups (broad SMARTS) is 1. The van der Waals surface area contributed by atoms with Gasteiger partial charge in [-0.3, -0.25) is 14.4 Å². The largest absolute Gasteiger partial charge is 1.00 e. The maximum atomic E-state index is 13.0. The molecule has 3 heterocycles. The minimum absolute atomic E-state index is 0. The Balaban J connectivity index is 0.00000220. The van der Waals surface area contributed by atoms with Crippen LogP contribution in [0.5, 0.6) is 0 Å². The summed E-state index contributed by atoms with van der Waals surface area (Å²) in [6.45, 7) is 0.00590. The molecule has 2 fully saturated rings. The molecule has 0 radical (unpaired) electrons. The molecule has 192 valence electrons. The first-order valence-electron chi connectivity index (χ1n) is 11.5. The van der Waals surface area contributed by atoms with Crippen LogP contribution in [-0.2, 0) is 20.8 Å². The zero-order valence-corrected chi connectivity index (χ0v) is 25.2. The minimum atomic E-state index is -1.30. The molecule has 2 N–H and O–H groups in total. The van der Waals surface area contributed by atoms with Crippen molar-refractivity contribution in [3.63, 3.8) is 0 Å². The quantitative estimate of drug-likeness (QED) is 0.308. The van der Waals surface area contributed by atoms with Gasteiger partial charge >= 0.3 is 35.5 Å². The molecule has 0 aliphatic carbocycles. The van der Waals surface area contributed by atoms with Crippen LogP contribution in [0.1, 0.15) is 17.4 Å². The SMILES string of the molecule is N#Cc1ccc(-c2ccccc2SC2(C(=O)O)CS[C@@H]3C(NC(=O)Cc4cccs4)C(=O)N3C2)cc1C#N.[H-].[Na+]. The van der Waals surface area contributed by atoms with E-state index >= 15 is 0 Å². The van der Waals surface area contributed by atoms with Gasteiger partial charge in [0.15, 0.2) is 0 Å². The van der Waals surface area contributed by atoms with Crippen LogP contribution in [0.4, 0.5) is 0 Å². The number of nitrogens with zero attached hydrogens (tertiary/aromatic N) is 3. The summed E-state index contributed by atoms with van der Waals surface area (Å²) >= 11 is 4.01. The van der Waals surface area contributed by atoms with Gasteiger partial charge in [-0.2, -0.15) is 10.5 Å². The van der Waals surface area contributed by atoms with E-state index in [2.05, 4.69) is 5.32 Å². The van der Waals surface area contributed by atoms with E-state index < -0.39 is 16.8 Å². The molecule has 39 heavy (non-hydrogen) atoms. The summed E-state index contributed by atoms with van der Waals surface area (Å²) < 4.78 is -1.30. The number of carbonyl (C=O) groups excluding carboxylic acids is 2. The molecule has 2 unspecified atom stereocenters. The average Bonchev–Trinajstić information content (AvgIpc) is 3.44. The van der Waals surface area contributed by atoms with E-state index in [-0.39, 0.29) is 78.0 Å². The normalized spacial score (nSPS) is 21.4. The molecular formula is C27H21N4NaO4S3. The molecule has 2 saturated heterocycles. The first-order chi connectivity index (χ1) is 18.3. The number of carboxylic acids is 1. The van der Waals surface area contributed by atoms with Crippen molar-refractivity contribution in [2.45, 2.75) is 27.5 Å². The Morgan fingerprint density at radius 1 is 1.15 bits per heavy atom. The Labute approximate surface area is 261 Å². The summed E-state index contributed by atoms with van der Waals surface area (Å²) in [5.74, 6) is -1.31. The number of thiophene rings is 1. The molecule has 2 aromatic carbocycles. The monoisotopic (exact) mass is 584 g/mol. The van der Waals surface area contributed by atoms with E-state index in [1.165, 1.54) is 39.8 Å². The number of rotatable bonds is 7. The van der Waals surface area contributed by atoms with Gasteiger partial charge in [0, 0.05) is 22.1 Å². The van der Waals surface area contributed by atoms with Crippen molar-refractivity contribution < 1.29 is 50.5 Å². The molecule has 0 saturated carbocycles. The zero-order chi connectivity index (χ0) is 26.9. The molecule has 2 aliphatic rings. The Morgan fingerprint density at radius 2 is 1.92 bits per heavy atom. The van der Waals surface area contributed by atoms with Gasteiger partial charge in [-0.05, 0) is 40.8 Å². The van der Waals surface area contributed by atoms with Crippen molar-refractivity contribution in [2.75, 3.05) is 12.3 Å². The Morgan fingerprint density at radius 3 is 2.62 bits per heavy atom. The Hall–Kier alpha value is -2.77. The number of β-lactam (4-membered cyclic amide) rings is 1. The molecule has 5 rings (SSSR count). The van der Waals surface area contributed by atoms with Crippen molar-refractivity contribution in [3.8, 4) is 23.3 Å². The molecular weight excluding hydrogens is 564 g/mol. The molecule has 0 spiro atoms. The van der Waals surface area contributed by atoms with Gasteiger partial charge in [0.1, 0.15) is 28.3 Å². The number of aliphatic carboxylic acids is 1. The Bertz CT molecular complexity index is 1520. The fourth-order valence-corrected chi connectivity index (χ4v) is 8.18. The van der Waals surface area contributed by atoms with Crippen LogP contribution in [0.2, 0.25) is 0 Å². The third-order valence-corrected chi connectivity index (χ3v) is 10.4. The van der Waals surface area contributed by atoms with Crippen LogP contribution in [0.15, 0.2) is 64.9 Å². The second kappa shape index (κ2) is 12.2.